The summed E-state index contributed by atoms with van der Waals surface area (Å²) in [5, 5.41) is 6.61. The first-order valence-corrected chi connectivity index (χ1v) is 11.7. The van der Waals surface area contributed by atoms with Crippen LogP contribution < -0.4 is 15.4 Å². The molecular weight excluding hydrogens is 470 g/mol. The molecule has 34 heavy (non-hydrogen) atoms. The average molecular weight is 494 g/mol. The molecule has 174 valence electrons. The third kappa shape index (κ3) is 5.55. The highest BCUT2D eigenvalue weighted by atomic mass is 35.5. The van der Waals surface area contributed by atoms with Gasteiger partial charge in [0, 0.05) is 21.8 Å². The van der Waals surface area contributed by atoms with Crippen molar-refractivity contribution in [2.24, 2.45) is 0 Å². The standard InChI is InChI=1S/C26H24ClN3O3S/c1-3-4-13-32-19-8-5-7-17(14-19)24(31)30-26(34)29-21-10-6-9-20(16(21)2)25-28-22-15-18(27)11-12-23(22)33-25/h5-12,14-15H,3-4,13H2,1-2H3,(H2,29,30,31,34). The number of unbranched alkanes of at least 4 members (excludes halogenated alkanes) is 1. The van der Waals surface area contributed by atoms with Crippen LogP contribution in [0.25, 0.3) is 22.6 Å². The summed E-state index contributed by atoms with van der Waals surface area (Å²) >= 11 is 11.5. The van der Waals surface area contributed by atoms with E-state index in [-0.39, 0.29) is 11.0 Å². The molecule has 0 aliphatic carbocycles. The zero-order chi connectivity index (χ0) is 24.1. The molecular formula is C26H24ClN3O3S. The third-order valence-electron chi connectivity index (χ3n) is 5.25. The zero-order valence-electron chi connectivity index (χ0n) is 18.9. The van der Waals surface area contributed by atoms with E-state index in [0.29, 0.717) is 39.9 Å². The molecule has 8 heteroatoms. The predicted molar refractivity (Wildman–Crippen MR) is 140 cm³/mol. The summed E-state index contributed by atoms with van der Waals surface area (Å²) in [5.74, 6) is 0.819. The van der Waals surface area contributed by atoms with E-state index in [2.05, 4.69) is 22.5 Å². The van der Waals surface area contributed by atoms with E-state index in [1.807, 2.05) is 31.2 Å². The molecule has 0 saturated heterocycles. The van der Waals surface area contributed by atoms with Crippen molar-refractivity contribution in [3.63, 3.8) is 0 Å². The summed E-state index contributed by atoms with van der Waals surface area (Å²) in [6.45, 7) is 4.65. The smallest absolute Gasteiger partial charge is 0.257 e. The maximum atomic E-state index is 12.7. The fourth-order valence-electron chi connectivity index (χ4n) is 3.41. The van der Waals surface area contributed by atoms with Crippen LogP contribution in [-0.2, 0) is 0 Å². The number of thiocarbonyl (C=S) groups is 1. The number of halogens is 1. The van der Waals surface area contributed by atoms with Gasteiger partial charge in [-0.15, -0.1) is 0 Å². The number of hydrogen-bond acceptors (Lipinski definition) is 5. The largest absolute Gasteiger partial charge is 0.494 e. The zero-order valence-corrected chi connectivity index (χ0v) is 20.4. The summed E-state index contributed by atoms with van der Waals surface area (Å²) in [7, 11) is 0. The molecule has 0 saturated carbocycles. The van der Waals surface area contributed by atoms with E-state index in [1.165, 1.54) is 0 Å². The number of nitrogens with one attached hydrogen (secondary N) is 2. The Hall–Kier alpha value is -3.42. The summed E-state index contributed by atoms with van der Waals surface area (Å²) in [5.41, 5.74) is 4.23. The van der Waals surface area contributed by atoms with Gasteiger partial charge in [0.2, 0.25) is 5.89 Å². The highest BCUT2D eigenvalue weighted by Crippen LogP contribution is 2.31. The van der Waals surface area contributed by atoms with Crippen molar-refractivity contribution in [2.75, 3.05) is 11.9 Å². The van der Waals surface area contributed by atoms with Crippen molar-refractivity contribution in [1.82, 2.24) is 10.3 Å². The van der Waals surface area contributed by atoms with Crippen molar-refractivity contribution >= 4 is 51.6 Å². The molecule has 0 unspecified atom stereocenters. The molecule has 2 N–H and O–H groups in total. The van der Waals surface area contributed by atoms with Gasteiger partial charge in [-0.3, -0.25) is 10.1 Å². The predicted octanol–water partition coefficient (Wildman–Crippen LogP) is 6.76. The summed E-state index contributed by atoms with van der Waals surface area (Å²) in [6, 6.07) is 18.0. The molecule has 4 aromatic rings. The molecule has 0 spiro atoms. The van der Waals surface area contributed by atoms with Gasteiger partial charge in [0.15, 0.2) is 10.7 Å². The number of benzene rings is 3. The molecule has 0 fully saturated rings. The Morgan fingerprint density at radius 3 is 2.79 bits per heavy atom. The van der Waals surface area contributed by atoms with Gasteiger partial charge in [-0.1, -0.05) is 37.1 Å². The third-order valence-corrected chi connectivity index (χ3v) is 5.69. The molecule has 6 nitrogen and oxygen atoms in total. The van der Waals surface area contributed by atoms with E-state index in [0.717, 1.165) is 29.7 Å². The van der Waals surface area contributed by atoms with Crippen LogP contribution in [0.3, 0.4) is 0 Å². The number of anilines is 1. The topological polar surface area (TPSA) is 76.4 Å². The number of hydrogen-bond donors (Lipinski definition) is 2. The van der Waals surface area contributed by atoms with Crippen LogP contribution in [0.2, 0.25) is 5.02 Å². The van der Waals surface area contributed by atoms with E-state index in [1.54, 1.807) is 36.4 Å². The van der Waals surface area contributed by atoms with Crippen LogP contribution in [0.4, 0.5) is 5.69 Å². The summed E-state index contributed by atoms with van der Waals surface area (Å²) < 4.78 is 11.6. The Bertz CT molecular complexity index is 1350. The minimum absolute atomic E-state index is 0.187. The van der Waals surface area contributed by atoms with E-state index >= 15 is 0 Å². The number of carbonyl (C=O) groups is 1. The molecule has 0 radical (unpaired) electrons. The summed E-state index contributed by atoms with van der Waals surface area (Å²) in [4.78, 5) is 17.3. The summed E-state index contributed by atoms with van der Waals surface area (Å²) in [6.07, 6.45) is 2.00. The van der Waals surface area contributed by atoms with Gasteiger partial charge >= 0.3 is 0 Å². The fourth-order valence-corrected chi connectivity index (χ4v) is 3.78. The molecule has 1 aromatic heterocycles. The average Bonchev–Trinajstić information content (AvgIpc) is 3.23. The van der Waals surface area contributed by atoms with Crippen LogP contribution in [-0.4, -0.2) is 22.6 Å². The van der Waals surface area contributed by atoms with Crippen LogP contribution in [0.5, 0.6) is 5.75 Å². The van der Waals surface area contributed by atoms with Crippen LogP contribution in [0, 0.1) is 6.92 Å². The molecule has 4 rings (SSSR count). The van der Waals surface area contributed by atoms with Gasteiger partial charge in [-0.05, 0) is 79.7 Å². The van der Waals surface area contributed by atoms with Crippen LogP contribution in [0.15, 0.2) is 65.1 Å². The second-order valence-corrected chi connectivity index (χ2v) is 8.59. The van der Waals surface area contributed by atoms with Gasteiger partial charge < -0.3 is 14.5 Å². The second-order valence-electron chi connectivity index (χ2n) is 7.75. The lowest BCUT2D eigenvalue weighted by atomic mass is 10.1. The minimum Gasteiger partial charge on any atom is -0.494 e. The molecule has 0 bridgehead atoms. The van der Waals surface area contributed by atoms with Gasteiger partial charge in [0.25, 0.3) is 5.91 Å². The number of ether oxygens (including phenoxy) is 1. The molecule has 1 amide bonds. The Morgan fingerprint density at radius 2 is 1.97 bits per heavy atom. The van der Waals surface area contributed by atoms with E-state index in [4.69, 9.17) is 33.0 Å². The second kappa shape index (κ2) is 10.7. The first kappa shape index (κ1) is 23.7. The number of amides is 1. The number of oxazole rings is 1. The lowest BCUT2D eigenvalue weighted by molar-refractivity contribution is 0.0977. The first-order valence-electron chi connectivity index (χ1n) is 11.0. The molecule has 1 heterocycles. The van der Waals surface area contributed by atoms with Crippen LogP contribution >= 0.6 is 23.8 Å². The lowest BCUT2D eigenvalue weighted by Crippen LogP contribution is -2.34. The Kier molecular flexibility index (Phi) is 7.45. The number of rotatable bonds is 7. The lowest BCUT2D eigenvalue weighted by Gasteiger charge is -2.14. The first-order chi connectivity index (χ1) is 16.4. The number of fused-ring (bicyclic) bond motifs is 1. The Balaban J connectivity index is 1.46. The normalized spacial score (nSPS) is 10.8. The highest BCUT2D eigenvalue weighted by Gasteiger charge is 2.15. The van der Waals surface area contributed by atoms with Crippen molar-refractivity contribution in [3.8, 4) is 17.2 Å². The van der Waals surface area contributed by atoms with E-state index < -0.39 is 0 Å². The van der Waals surface area contributed by atoms with Gasteiger partial charge in [0.05, 0.1) is 6.61 Å². The molecule has 3 aromatic carbocycles. The molecule has 0 atom stereocenters. The van der Waals surface area contributed by atoms with Crippen molar-refractivity contribution in [1.29, 1.82) is 0 Å². The Labute approximate surface area is 208 Å². The SMILES string of the molecule is CCCCOc1cccc(C(=O)NC(=S)Nc2cccc(-c3nc4cc(Cl)ccc4o3)c2C)c1. The highest BCUT2D eigenvalue weighted by molar-refractivity contribution is 7.80. The fraction of sp³-hybridized carbons (Fsp3) is 0.192. The van der Waals surface area contributed by atoms with Gasteiger partial charge in [-0.25, -0.2) is 4.98 Å². The van der Waals surface area contributed by atoms with Crippen molar-refractivity contribution in [2.45, 2.75) is 26.7 Å². The number of carbonyl (C=O) groups excluding carboxylic acids is 1. The monoisotopic (exact) mass is 493 g/mol. The molecule has 0 aliphatic heterocycles. The minimum atomic E-state index is -0.317. The van der Waals surface area contributed by atoms with Crippen molar-refractivity contribution in [3.05, 3.63) is 76.8 Å². The maximum Gasteiger partial charge on any atom is 0.257 e. The maximum absolute atomic E-state index is 12.7. The molecule has 0 aliphatic rings. The number of nitrogens with zero attached hydrogens (tertiary/aromatic N) is 1. The number of aromatic nitrogens is 1. The van der Waals surface area contributed by atoms with Gasteiger partial charge in [0.1, 0.15) is 11.3 Å². The Morgan fingerprint density at radius 1 is 1.15 bits per heavy atom. The van der Waals surface area contributed by atoms with Gasteiger partial charge in [-0.2, -0.15) is 0 Å². The van der Waals surface area contributed by atoms with E-state index in [9.17, 15) is 4.79 Å². The van der Waals surface area contributed by atoms with Crippen molar-refractivity contribution < 1.29 is 13.9 Å². The quantitative estimate of drug-likeness (QED) is 0.219. The van der Waals surface area contributed by atoms with Crippen LogP contribution in [0.1, 0.15) is 35.7 Å².